The van der Waals surface area contributed by atoms with Gasteiger partial charge in [0.25, 0.3) is 5.91 Å². The molecular weight excluding hydrogens is 252 g/mol. The molecule has 0 aromatic heterocycles. The number of hydrogen-bond acceptors (Lipinski definition) is 2. The van der Waals surface area contributed by atoms with Crippen molar-refractivity contribution in [1.82, 2.24) is 4.73 Å². The van der Waals surface area contributed by atoms with E-state index in [0.717, 1.165) is 10.3 Å². The van der Waals surface area contributed by atoms with Crippen molar-refractivity contribution in [1.29, 1.82) is 0 Å². The van der Waals surface area contributed by atoms with E-state index in [1.165, 1.54) is 6.20 Å². The van der Waals surface area contributed by atoms with E-state index in [2.05, 4.69) is 4.99 Å². The fraction of sp³-hybridized carbons (Fsp3) is 0. The lowest BCUT2D eigenvalue weighted by molar-refractivity contribution is 0.0998. The van der Waals surface area contributed by atoms with Crippen LogP contribution in [0.2, 0.25) is 0 Å². The summed E-state index contributed by atoms with van der Waals surface area (Å²) < 4.78 is 1.02. The van der Waals surface area contributed by atoms with Crippen LogP contribution in [0.1, 0.15) is 10.4 Å². The largest absolute Gasteiger partial charge is 0.428 e. The summed E-state index contributed by atoms with van der Waals surface area (Å²) in [6.45, 7) is 0. The van der Waals surface area contributed by atoms with Gasteiger partial charge in [0.2, 0.25) is 0 Å². The van der Waals surface area contributed by atoms with Crippen molar-refractivity contribution in [3.05, 3.63) is 77.8 Å². The van der Waals surface area contributed by atoms with Crippen LogP contribution >= 0.6 is 0 Å². The molecule has 0 radical (unpaired) electrons. The highest BCUT2D eigenvalue weighted by Gasteiger charge is 2.08. The summed E-state index contributed by atoms with van der Waals surface area (Å²) in [6, 6.07) is 17.7. The maximum absolute atomic E-state index is 12.1. The Hall–Kier alpha value is -2.88. The van der Waals surface area contributed by atoms with E-state index in [4.69, 9.17) is 0 Å². The van der Waals surface area contributed by atoms with Gasteiger partial charge in [-0.25, -0.2) is 4.99 Å². The van der Waals surface area contributed by atoms with Crippen LogP contribution in [-0.4, -0.2) is 15.8 Å². The highest BCUT2D eigenvalue weighted by atomic mass is 16.5. The molecule has 1 heterocycles. The van der Waals surface area contributed by atoms with Crippen molar-refractivity contribution in [2.24, 2.45) is 4.99 Å². The third kappa shape index (κ3) is 2.19. The van der Waals surface area contributed by atoms with Crippen molar-refractivity contribution in [3.8, 4) is 11.3 Å². The van der Waals surface area contributed by atoms with Crippen LogP contribution in [0.5, 0.6) is 0 Å². The lowest BCUT2D eigenvalue weighted by Crippen LogP contribution is -2.13. The first kappa shape index (κ1) is 12.2. The average molecular weight is 264 g/mol. The molecule has 0 atom stereocenters. The molecule has 1 aliphatic heterocycles. The van der Waals surface area contributed by atoms with Crippen molar-refractivity contribution >= 4 is 5.91 Å². The number of nitrogens with zero attached hydrogens (tertiary/aromatic N) is 2. The summed E-state index contributed by atoms with van der Waals surface area (Å²) in [4.78, 5) is 16.2. The minimum Gasteiger partial charge on any atom is -0.428 e. The third-order valence-corrected chi connectivity index (χ3v) is 3.04. The Morgan fingerprint density at radius 3 is 2.55 bits per heavy atom. The van der Waals surface area contributed by atoms with Crippen molar-refractivity contribution in [2.75, 3.05) is 0 Å². The molecule has 1 aromatic rings. The quantitative estimate of drug-likeness (QED) is 0.687. The second kappa shape index (κ2) is 5.01. The van der Waals surface area contributed by atoms with E-state index >= 15 is 0 Å². The summed E-state index contributed by atoms with van der Waals surface area (Å²) in [5.41, 5.74) is 1.87. The summed E-state index contributed by atoms with van der Waals surface area (Å²) in [5.74, 6) is -0.300. The van der Waals surface area contributed by atoms with E-state index in [0.29, 0.717) is 16.6 Å². The molecule has 98 valence electrons. The number of rotatable bonds is 1. The van der Waals surface area contributed by atoms with Crippen LogP contribution in [0.15, 0.2) is 71.9 Å². The molecule has 20 heavy (non-hydrogen) atoms. The van der Waals surface area contributed by atoms with Gasteiger partial charge in [-0.1, -0.05) is 24.3 Å². The standard InChI is InChI=1S/C16H12N2O2/c19-16(12-6-2-1-3-7-12)17-14-9-4-10-15-13(14)8-5-11-18(15)20/h1-11,20H. The van der Waals surface area contributed by atoms with Gasteiger partial charge >= 0.3 is 0 Å². The summed E-state index contributed by atoms with van der Waals surface area (Å²) in [5, 5.41) is 10.3. The zero-order valence-electron chi connectivity index (χ0n) is 10.6. The average Bonchev–Trinajstić information content (AvgIpc) is 2.49. The maximum Gasteiger partial charge on any atom is 0.277 e. The molecule has 1 amide bonds. The van der Waals surface area contributed by atoms with Gasteiger partial charge in [-0.2, -0.15) is 4.73 Å². The number of aromatic nitrogens is 1. The van der Waals surface area contributed by atoms with Crippen LogP contribution in [0.3, 0.4) is 0 Å². The Morgan fingerprint density at radius 1 is 0.950 bits per heavy atom. The topological polar surface area (TPSA) is 54.6 Å². The van der Waals surface area contributed by atoms with E-state index in [9.17, 15) is 10.0 Å². The van der Waals surface area contributed by atoms with Gasteiger partial charge < -0.3 is 5.21 Å². The minimum absolute atomic E-state index is 0.300. The zero-order valence-corrected chi connectivity index (χ0v) is 10.6. The molecule has 1 aliphatic carbocycles. The normalized spacial score (nSPS) is 11.7. The van der Waals surface area contributed by atoms with Crippen LogP contribution in [0.25, 0.3) is 11.3 Å². The van der Waals surface area contributed by atoms with Gasteiger partial charge in [-0.15, -0.1) is 0 Å². The third-order valence-electron chi connectivity index (χ3n) is 3.04. The Balaban J connectivity index is 2.13. The van der Waals surface area contributed by atoms with Crippen molar-refractivity contribution < 1.29 is 10.0 Å². The number of fused-ring (bicyclic) bond motifs is 1. The fourth-order valence-corrected chi connectivity index (χ4v) is 2.06. The first-order valence-electron chi connectivity index (χ1n) is 6.19. The van der Waals surface area contributed by atoms with E-state index < -0.39 is 0 Å². The van der Waals surface area contributed by atoms with Gasteiger partial charge in [0, 0.05) is 17.3 Å². The van der Waals surface area contributed by atoms with Crippen LogP contribution < -0.4 is 5.36 Å². The Kier molecular flexibility index (Phi) is 3.05. The van der Waals surface area contributed by atoms with Gasteiger partial charge in [-0.05, 0) is 36.4 Å². The molecule has 0 spiro atoms. The minimum atomic E-state index is -0.300. The summed E-state index contributed by atoms with van der Waals surface area (Å²) >= 11 is 0. The second-order valence-electron chi connectivity index (χ2n) is 4.35. The predicted molar refractivity (Wildman–Crippen MR) is 74.6 cm³/mol. The molecule has 1 aromatic carbocycles. The Morgan fingerprint density at radius 2 is 1.75 bits per heavy atom. The van der Waals surface area contributed by atoms with Crippen molar-refractivity contribution in [3.63, 3.8) is 0 Å². The molecule has 0 fully saturated rings. The number of carbonyl (C=O) groups excluding carboxylic acids is 1. The Labute approximate surface area is 115 Å². The maximum atomic E-state index is 12.1. The van der Waals surface area contributed by atoms with E-state index in [1.807, 2.05) is 12.1 Å². The number of benzene rings is 2. The molecule has 4 nitrogen and oxygen atoms in total. The van der Waals surface area contributed by atoms with Crippen LogP contribution in [-0.2, 0) is 0 Å². The molecule has 0 saturated heterocycles. The molecule has 0 saturated carbocycles. The van der Waals surface area contributed by atoms with E-state index in [-0.39, 0.29) is 5.91 Å². The molecule has 0 bridgehead atoms. The lowest BCUT2D eigenvalue weighted by atomic mass is 10.1. The number of amides is 1. The van der Waals surface area contributed by atoms with Gasteiger partial charge in [0.15, 0.2) is 0 Å². The highest BCUT2D eigenvalue weighted by Crippen LogP contribution is 2.15. The van der Waals surface area contributed by atoms with Crippen LogP contribution in [0.4, 0.5) is 0 Å². The number of carbonyl (C=O) groups is 1. The molecule has 4 heteroatoms. The predicted octanol–water partition coefficient (Wildman–Crippen LogP) is 2.57. The van der Waals surface area contributed by atoms with Gasteiger partial charge in [0.05, 0.1) is 11.1 Å². The summed E-state index contributed by atoms with van der Waals surface area (Å²) in [6.07, 6.45) is 1.53. The van der Waals surface area contributed by atoms with E-state index in [1.54, 1.807) is 48.5 Å². The van der Waals surface area contributed by atoms with Crippen molar-refractivity contribution in [2.45, 2.75) is 0 Å². The number of pyridine rings is 1. The molecule has 0 unspecified atom stereocenters. The SMILES string of the molecule is O=C(N=c1cccc2n(O)cccc1-2)c1ccccc1. The second-order valence-corrected chi connectivity index (χ2v) is 4.35. The molecule has 1 N–H and O–H groups in total. The summed E-state index contributed by atoms with van der Waals surface area (Å²) in [7, 11) is 0. The molecule has 3 rings (SSSR count). The molecule has 2 aliphatic rings. The fourth-order valence-electron chi connectivity index (χ4n) is 2.06. The number of hydrogen-bond donors (Lipinski definition) is 1. The lowest BCUT2D eigenvalue weighted by Gasteiger charge is -2.09. The van der Waals surface area contributed by atoms with Gasteiger partial charge in [0.1, 0.15) is 0 Å². The van der Waals surface area contributed by atoms with Gasteiger partial charge in [-0.3, -0.25) is 4.79 Å². The highest BCUT2D eigenvalue weighted by molar-refractivity contribution is 5.95. The Bertz CT molecular complexity index is 791. The first-order valence-corrected chi connectivity index (χ1v) is 6.19. The molecular formula is C16H12N2O2. The first-order chi connectivity index (χ1) is 9.75. The van der Waals surface area contributed by atoms with Crippen LogP contribution in [0, 0.1) is 0 Å². The zero-order chi connectivity index (χ0) is 13.9. The monoisotopic (exact) mass is 264 g/mol. The smallest absolute Gasteiger partial charge is 0.277 e.